The predicted molar refractivity (Wildman–Crippen MR) is 94.2 cm³/mol. The van der Waals surface area contributed by atoms with Gasteiger partial charge >= 0.3 is 0 Å². The van der Waals surface area contributed by atoms with Gasteiger partial charge in [-0.15, -0.1) is 0 Å². The second-order valence-electron chi connectivity index (χ2n) is 6.20. The van der Waals surface area contributed by atoms with Gasteiger partial charge in [0, 0.05) is 18.8 Å². The molecule has 0 amide bonds. The van der Waals surface area contributed by atoms with E-state index >= 15 is 0 Å². The SMILES string of the molecule is c1ccc(CCNc2ccc(CN3CCCCC3)cc2)cc1. The molecule has 0 radical (unpaired) electrons. The third-order valence-corrected chi connectivity index (χ3v) is 4.39. The van der Waals surface area contributed by atoms with Crippen LogP contribution in [0.25, 0.3) is 0 Å². The fraction of sp³-hybridized carbons (Fsp3) is 0.400. The van der Waals surface area contributed by atoms with Crippen LogP contribution in [0.15, 0.2) is 54.6 Å². The lowest BCUT2D eigenvalue weighted by Crippen LogP contribution is -2.29. The molecule has 2 heteroatoms. The van der Waals surface area contributed by atoms with Crippen molar-refractivity contribution in [2.24, 2.45) is 0 Å². The van der Waals surface area contributed by atoms with Crippen molar-refractivity contribution >= 4 is 5.69 Å². The molecular weight excluding hydrogens is 268 g/mol. The van der Waals surface area contributed by atoms with Crippen LogP contribution < -0.4 is 5.32 Å². The molecule has 0 spiro atoms. The first-order chi connectivity index (χ1) is 10.9. The zero-order valence-electron chi connectivity index (χ0n) is 13.3. The Hall–Kier alpha value is -1.80. The number of hydrogen-bond acceptors (Lipinski definition) is 2. The van der Waals surface area contributed by atoms with Crippen LogP contribution in [0, 0.1) is 0 Å². The molecule has 2 aromatic carbocycles. The zero-order chi connectivity index (χ0) is 15.0. The van der Waals surface area contributed by atoms with Crippen LogP contribution in [0.5, 0.6) is 0 Å². The van der Waals surface area contributed by atoms with E-state index in [9.17, 15) is 0 Å². The van der Waals surface area contributed by atoms with E-state index in [1.807, 2.05) is 0 Å². The number of nitrogens with zero attached hydrogens (tertiary/aromatic N) is 1. The van der Waals surface area contributed by atoms with Crippen molar-refractivity contribution in [3.05, 3.63) is 65.7 Å². The number of likely N-dealkylation sites (tertiary alicyclic amines) is 1. The van der Waals surface area contributed by atoms with Gasteiger partial charge in [0.15, 0.2) is 0 Å². The van der Waals surface area contributed by atoms with Crippen molar-refractivity contribution in [2.75, 3.05) is 25.0 Å². The summed E-state index contributed by atoms with van der Waals surface area (Å²) in [6, 6.07) is 19.6. The molecule has 1 heterocycles. The Bertz CT molecular complexity index is 542. The molecule has 3 rings (SSSR count). The van der Waals surface area contributed by atoms with Crippen molar-refractivity contribution in [3.8, 4) is 0 Å². The minimum absolute atomic E-state index is 0.982. The van der Waals surface area contributed by atoms with Crippen LogP contribution in [-0.4, -0.2) is 24.5 Å². The maximum Gasteiger partial charge on any atom is 0.0340 e. The van der Waals surface area contributed by atoms with Crippen LogP contribution in [0.2, 0.25) is 0 Å². The van der Waals surface area contributed by atoms with Crippen LogP contribution in [0.3, 0.4) is 0 Å². The lowest BCUT2D eigenvalue weighted by atomic mass is 10.1. The molecule has 1 aliphatic rings. The van der Waals surface area contributed by atoms with Gasteiger partial charge < -0.3 is 5.32 Å². The van der Waals surface area contributed by atoms with E-state index < -0.39 is 0 Å². The number of benzene rings is 2. The summed E-state index contributed by atoms with van der Waals surface area (Å²) in [4.78, 5) is 2.57. The quantitative estimate of drug-likeness (QED) is 0.853. The standard InChI is InChI=1S/C20H26N2/c1-3-7-18(8-4-1)13-14-21-20-11-9-19(10-12-20)17-22-15-5-2-6-16-22/h1,3-4,7-12,21H,2,5-6,13-17H2. The first-order valence-corrected chi connectivity index (χ1v) is 8.49. The minimum atomic E-state index is 0.982. The van der Waals surface area contributed by atoms with E-state index in [1.54, 1.807) is 0 Å². The van der Waals surface area contributed by atoms with Gasteiger partial charge in [0.1, 0.15) is 0 Å². The van der Waals surface area contributed by atoms with E-state index in [2.05, 4.69) is 64.8 Å². The van der Waals surface area contributed by atoms with Gasteiger partial charge in [-0.1, -0.05) is 48.9 Å². The Morgan fingerprint density at radius 1 is 0.773 bits per heavy atom. The topological polar surface area (TPSA) is 15.3 Å². The molecule has 1 saturated heterocycles. The Balaban J connectivity index is 1.44. The summed E-state index contributed by atoms with van der Waals surface area (Å²) in [6.45, 7) is 4.61. The van der Waals surface area contributed by atoms with Crippen LogP contribution >= 0.6 is 0 Å². The average Bonchev–Trinajstić information content (AvgIpc) is 2.58. The van der Waals surface area contributed by atoms with Crippen molar-refractivity contribution in [1.29, 1.82) is 0 Å². The number of nitrogens with one attached hydrogen (secondary N) is 1. The predicted octanol–water partition coefficient (Wildman–Crippen LogP) is 4.33. The third-order valence-electron chi connectivity index (χ3n) is 4.39. The van der Waals surface area contributed by atoms with E-state index in [1.165, 1.54) is 49.2 Å². The molecule has 22 heavy (non-hydrogen) atoms. The zero-order valence-corrected chi connectivity index (χ0v) is 13.3. The second-order valence-corrected chi connectivity index (χ2v) is 6.20. The van der Waals surface area contributed by atoms with Gasteiger partial charge in [0.2, 0.25) is 0 Å². The van der Waals surface area contributed by atoms with Crippen LogP contribution in [0.1, 0.15) is 30.4 Å². The first-order valence-electron chi connectivity index (χ1n) is 8.49. The summed E-state index contributed by atoms with van der Waals surface area (Å²) in [6.07, 6.45) is 5.19. The number of anilines is 1. The maximum atomic E-state index is 3.51. The Morgan fingerprint density at radius 2 is 1.50 bits per heavy atom. The van der Waals surface area contributed by atoms with Gasteiger partial charge in [-0.3, -0.25) is 4.90 Å². The molecule has 0 unspecified atom stereocenters. The summed E-state index contributed by atoms with van der Waals surface area (Å²) < 4.78 is 0. The molecule has 0 saturated carbocycles. The third kappa shape index (κ3) is 4.60. The van der Waals surface area contributed by atoms with Gasteiger partial charge in [-0.2, -0.15) is 0 Å². The van der Waals surface area contributed by atoms with Crippen molar-refractivity contribution < 1.29 is 0 Å². The molecule has 2 aromatic rings. The van der Waals surface area contributed by atoms with Gasteiger partial charge in [-0.05, 0) is 55.6 Å². The molecular formula is C20H26N2. The molecule has 1 N–H and O–H groups in total. The fourth-order valence-corrected chi connectivity index (χ4v) is 3.10. The van der Waals surface area contributed by atoms with E-state index in [4.69, 9.17) is 0 Å². The second kappa shape index (κ2) is 8.00. The summed E-state index contributed by atoms with van der Waals surface area (Å²) in [5.41, 5.74) is 4.03. The Labute approximate surface area is 134 Å². The molecule has 1 fully saturated rings. The lowest BCUT2D eigenvalue weighted by Gasteiger charge is -2.26. The summed E-state index contributed by atoms with van der Waals surface area (Å²) in [5.74, 6) is 0. The molecule has 0 aliphatic carbocycles. The normalized spacial score (nSPS) is 15.6. The summed E-state index contributed by atoms with van der Waals surface area (Å²) in [7, 11) is 0. The number of hydrogen-bond donors (Lipinski definition) is 1. The molecule has 0 atom stereocenters. The number of piperidine rings is 1. The first kappa shape index (κ1) is 15.1. The minimum Gasteiger partial charge on any atom is -0.385 e. The lowest BCUT2D eigenvalue weighted by molar-refractivity contribution is 0.221. The van der Waals surface area contributed by atoms with Gasteiger partial charge in [0.05, 0.1) is 0 Å². The van der Waals surface area contributed by atoms with Crippen LogP contribution in [-0.2, 0) is 13.0 Å². The average molecular weight is 294 g/mol. The molecule has 116 valence electrons. The maximum absolute atomic E-state index is 3.51. The molecule has 0 aromatic heterocycles. The smallest absolute Gasteiger partial charge is 0.0340 e. The van der Waals surface area contributed by atoms with E-state index in [0.29, 0.717) is 0 Å². The van der Waals surface area contributed by atoms with Crippen LogP contribution in [0.4, 0.5) is 5.69 Å². The highest BCUT2D eigenvalue weighted by atomic mass is 15.1. The Kier molecular flexibility index (Phi) is 5.49. The molecule has 0 bridgehead atoms. The highest BCUT2D eigenvalue weighted by Gasteiger charge is 2.09. The summed E-state index contributed by atoms with van der Waals surface area (Å²) >= 11 is 0. The molecule has 1 aliphatic heterocycles. The Morgan fingerprint density at radius 3 is 2.23 bits per heavy atom. The van der Waals surface area contributed by atoms with Crippen molar-refractivity contribution in [3.63, 3.8) is 0 Å². The van der Waals surface area contributed by atoms with Gasteiger partial charge in [-0.25, -0.2) is 0 Å². The summed E-state index contributed by atoms with van der Waals surface area (Å²) in [5, 5.41) is 3.51. The van der Waals surface area contributed by atoms with Gasteiger partial charge in [0.25, 0.3) is 0 Å². The molecule has 2 nitrogen and oxygen atoms in total. The van der Waals surface area contributed by atoms with E-state index in [-0.39, 0.29) is 0 Å². The van der Waals surface area contributed by atoms with E-state index in [0.717, 1.165) is 19.5 Å². The number of rotatable bonds is 6. The largest absolute Gasteiger partial charge is 0.385 e. The van der Waals surface area contributed by atoms with Crippen molar-refractivity contribution in [1.82, 2.24) is 4.90 Å². The van der Waals surface area contributed by atoms with Crippen molar-refractivity contribution in [2.45, 2.75) is 32.2 Å². The monoisotopic (exact) mass is 294 g/mol. The highest BCUT2D eigenvalue weighted by molar-refractivity contribution is 5.44. The fourth-order valence-electron chi connectivity index (χ4n) is 3.10. The highest BCUT2D eigenvalue weighted by Crippen LogP contribution is 2.15.